The van der Waals surface area contributed by atoms with Crippen molar-refractivity contribution < 1.29 is 23.8 Å². The van der Waals surface area contributed by atoms with E-state index >= 15 is 0 Å². The van der Waals surface area contributed by atoms with Crippen LogP contribution in [0.3, 0.4) is 0 Å². The normalized spacial score (nSPS) is 21.8. The summed E-state index contributed by atoms with van der Waals surface area (Å²) in [6, 6.07) is 6.96. The summed E-state index contributed by atoms with van der Waals surface area (Å²) in [5.41, 5.74) is 5.00. The number of nitrogens with one attached hydrogen (secondary N) is 1. The van der Waals surface area contributed by atoms with Crippen molar-refractivity contribution in [2.24, 2.45) is 11.8 Å². The average Bonchev–Trinajstić information content (AvgIpc) is 3.56. The Morgan fingerprint density at radius 3 is 2.26 bits per heavy atom. The number of esters is 1. The summed E-state index contributed by atoms with van der Waals surface area (Å²) in [6.45, 7) is 2.22. The lowest BCUT2D eigenvalue weighted by atomic mass is 9.64. The van der Waals surface area contributed by atoms with Crippen LogP contribution in [0.5, 0.6) is 0 Å². The average molecular weight is 810 g/mol. The zero-order chi connectivity index (χ0) is 30.2. The van der Waals surface area contributed by atoms with Crippen LogP contribution in [0.15, 0.2) is 36.7 Å². The number of ether oxygens (including phenoxy) is 1. The number of H-pyrrole nitrogens is 1. The molecular formula is C30H29FI2N6O4. The van der Waals surface area contributed by atoms with Crippen molar-refractivity contribution in [3.8, 4) is 5.82 Å². The summed E-state index contributed by atoms with van der Waals surface area (Å²) in [7, 11) is 0. The molecule has 6 aliphatic carbocycles. The molecule has 2 N–H and O–H groups in total. The molecule has 224 valence electrons. The second-order valence-corrected chi connectivity index (χ2v) is 13.7. The Labute approximate surface area is 274 Å². The van der Waals surface area contributed by atoms with Crippen molar-refractivity contribution in [3.05, 3.63) is 83.6 Å². The van der Waals surface area contributed by atoms with E-state index in [-0.39, 0.29) is 11.7 Å². The first kappa shape index (κ1) is 30.1. The van der Waals surface area contributed by atoms with Gasteiger partial charge in [0.2, 0.25) is 5.95 Å². The number of carbonyl (C=O) groups is 2. The quantitative estimate of drug-likeness (QED) is 0.144. The number of aromatic nitrogens is 6. The molecule has 0 saturated heterocycles. The molecule has 0 radical (unpaired) electrons. The number of pyridine rings is 2. The number of hydrogen-bond acceptors (Lipinski definition) is 7. The molecule has 4 aromatic heterocycles. The molecule has 4 heterocycles. The third-order valence-corrected chi connectivity index (χ3v) is 9.80. The first-order valence-corrected chi connectivity index (χ1v) is 16.4. The van der Waals surface area contributed by atoms with Crippen LogP contribution in [0, 0.1) is 24.9 Å². The van der Waals surface area contributed by atoms with Crippen molar-refractivity contribution in [1.82, 2.24) is 29.9 Å². The molecule has 43 heavy (non-hydrogen) atoms. The van der Waals surface area contributed by atoms with Gasteiger partial charge in [-0.05, 0) is 121 Å². The van der Waals surface area contributed by atoms with E-state index in [9.17, 15) is 19.1 Å². The molecule has 2 saturated carbocycles. The standard InChI is InChI=1S/C14H12IN3O2.C11H14N2O2.C5H3FIN/c15-9-1-2-16-11(6-9)18-13-8-3-7(4-8)5-10(13)12(17-18)14(19)20;1-2-15-11(14)10-8-5-6-3-7(4-6)9(8)12-13-10;6-5-3-4(7)1-2-8-5/h1-2,6-8H,3-5H2,(H,19,20);6-7H,2-5H2,1H3,(H,12,13);1-3H. The molecule has 6 aliphatic rings. The fourth-order valence-corrected chi connectivity index (χ4v) is 7.31. The molecule has 0 aromatic carbocycles. The van der Waals surface area contributed by atoms with Crippen LogP contribution in [0.4, 0.5) is 4.39 Å². The molecule has 0 spiro atoms. The number of carbonyl (C=O) groups excluding carboxylic acids is 1. The zero-order valence-corrected chi connectivity index (χ0v) is 27.6. The summed E-state index contributed by atoms with van der Waals surface area (Å²) in [5.74, 6) is 1.56. The van der Waals surface area contributed by atoms with Crippen LogP contribution in [0.2, 0.25) is 0 Å². The first-order valence-electron chi connectivity index (χ1n) is 14.2. The summed E-state index contributed by atoms with van der Waals surface area (Å²) in [4.78, 5) is 30.7. The highest BCUT2D eigenvalue weighted by atomic mass is 127. The van der Waals surface area contributed by atoms with E-state index in [1.54, 1.807) is 16.9 Å². The van der Waals surface area contributed by atoms with Gasteiger partial charge < -0.3 is 9.84 Å². The van der Waals surface area contributed by atoms with Crippen molar-refractivity contribution in [3.63, 3.8) is 0 Å². The number of hydrogen-bond donors (Lipinski definition) is 2. The highest BCUT2D eigenvalue weighted by Crippen LogP contribution is 2.51. The molecule has 4 bridgehead atoms. The maximum absolute atomic E-state index is 12.1. The van der Waals surface area contributed by atoms with E-state index in [2.05, 4.69) is 47.9 Å². The Morgan fingerprint density at radius 1 is 1.00 bits per heavy atom. The minimum Gasteiger partial charge on any atom is -0.476 e. The maximum atomic E-state index is 12.1. The molecule has 0 unspecified atom stereocenters. The second kappa shape index (κ2) is 12.6. The van der Waals surface area contributed by atoms with Crippen LogP contribution in [0.25, 0.3) is 5.82 Å². The Balaban J connectivity index is 0.000000126. The molecule has 10 rings (SSSR count). The molecule has 2 fully saturated rings. The van der Waals surface area contributed by atoms with E-state index < -0.39 is 11.9 Å². The van der Waals surface area contributed by atoms with Crippen LogP contribution in [-0.4, -0.2) is 53.6 Å². The second-order valence-electron chi connectivity index (χ2n) is 11.2. The molecule has 4 aromatic rings. The summed E-state index contributed by atoms with van der Waals surface area (Å²) in [5, 5.41) is 20.8. The zero-order valence-electron chi connectivity index (χ0n) is 23.3. The minimum atomic E-state index is -0.938. The molecule has 0 aliphatic heterocycles. The monoisotopic (exact) mass is 810 g/mol. The van der Waals surface area contributed by atoms with Crippen molar-refractivity contribution in [2.45, 2.75) is 57.3 Å². The number of carboxylic acid groups (broad SMARTS) is 1. The van der Waals surface area contributed by atoms with Gasteiger partial charge in [0, 0.05) is 54.3 Å². The van der Waals surface area contributed by atoms with Crippen molar-refractivity contribution in [2.75, 3.05) is 6.61 Å². The summed E-state index contributed by atoms with van der Waals surface area (Å²) < 4.78 is 20.7. The first-order chi connectivity index (χ1) is 20.7. The number of aromatic carboxylic acids is 1. The van der Waals surface area contributed by atoms with Gasteiger partial charge in [-0.1, -0.05) is 0 Å². The van der Waals surface area contributed by atoms with E-state index in [4.69, 9.17) is 4.74 Å². The van der Waals surface area contributed by atoms with Gasteiger partial charge in [0.05, 0.1) is 12.3 Å². The number of halogens is 3. The number of carboxylic acids is 1. The predicted octanol–water partition coefficient (Wildman–Crippen LogP) is 6.08. The third-order valence-electron chi connectivity index (χ3n) is 8.46. The molecule has 13 heteroatoms. The maximum Gasteiger partial charge on any atom is 0.359 e. The van der Waals surface area contributed by atoms with E-state index in [1.165, 1.54) is 30.8 Å². The van der Waals surface area contributed by atoms with E-state index in [0.717, 1.165) is 55.6 Å². The van der Waals surface area contributed by atoms with Crippen LogP contribution in [0.1, 0.15) is 87.9 Å². The van der Waals surface area contributed by atoms with Crippen LogP contribution >= 0.6 is 45.2 Å². The molecule has 0 amide bonds. The largest absolute Gasteiger partial charge is 0.476 e. The number of rotatable bonds is 4. The number of nitrogens with zero attached hydrogens (tertiary/aromatic N) is 5. The Kier molecular flexibility index (Phi) is 8.80. The van der Waals surface area contributed by atoms with Gasteiger partial charge >= 0.3 is 11.9 Å². The fraction of sp³-hybridized carbons (Fsp3) is 0.400. The third kappa shape index (κ3) is 6.19. The fourth-order valence-electron chi connectivity index (χ4n) is 6.45. The molecular weight excluding hydrogens is 781 g/mol. The number of aromatic amines is 1. The van der Waals surface area contributed by atoms with Gasteiger partial charge in [0.1, 0.15) is 0 Å². The van der Waals surface area contributed by atoms with Crippen molar-refractivity contribution >= 4 is 57.1 Å². The van der Waals surface area contributed by atoms with E-state index in [1.807, 2.05) is 41.6 Å². The van der Waals surface area contributed by atoms with Gasteiger partial charge in [0.15, 0.2) is 17.2 Å². The van der Waals surface area contributed by atoms with Gasteiger partial charge in [-0.2, -0.15) is 14.6 Å². The Hall–Kier alpha value is -2.95. The summed E-state index contributed by atoms with van der Waals surface area (Å²) >= 11 is 4.25. The van der Waals surface area contributed by atoms with Crippen LogP contribution in [-0.2, 0) is 17.6 Å². The highest BCUT2D eigenvalue weighted by molar-refractivity contribution is 14.1. The Morgan fingerprint density at radius 2 is 1.65 bits per heavy atom. The summed E-state index contributed by atoms with van der Waals surface area (Å²) in [6.07, 6.45) is 9.85. The van der Waals surface area contributed by atoms with Gasteiger partial charge in [-0.25, -0.2) is 24.2 Å². The predicted molar refractivity (Wildman–Crippen MR) is 171 cm³/mol. The molecule has 0 atom stereocenters. The topological polar surface area (TPSA) is 136 Å². The SMILES string of the molecule is CCOC(=O)c1n[nH]c2c1CC1CC2C1.Fc1cc(I)ccn1.O=C(O)c1nn(-c2cc(I)ccn2)c2c1CC1CC2C1. The van der Waals surface area contributed by atoms with Crippen molar-refractivity contribution in [1.29, 1.82) is 0 Å². The lowest BCUT2D eigenvalue weighted by Gasteiger charge is -2.41. The minimum absolute atomic E-state index is 0.204. The van der Waals surface area contributed by atoms with Gasteiger partial charge in [-0.15, -0.1) is 0 Å². The smallest absolute Gasteiger partial charge is 0.359 e. The van der Waals surface area contributed by atoms with E-state index in [0.29, 0.717) is 35.9 Å². The van der Waals surface area contributed by atoms with Gasteiger partial charge in [-0.3, -0.25) is 5.10 Å². The highest BCUT2D eigenvalue weighted by Gasteiger charge is 2.43. The van der Waals surface area contributed by atoms with Gasteiger partial charge in [0.25, 0.3) is 0 Å². The lowest BCUT2D eigenvalue weighted by molar-refractivity contribution is 0.0516. The van der Waals surface area contributed by atoms with Crippen LogP contribution < -0.4 is 0 Å². The Bertz CT molecular complexity index is 1660. The molecule has 10 nitrogen and oxygen atoms in total. The lowest BCUT2D eigenvalue weighted by Crippen LogP contribution is -2.32.